The minimum Gasteiger partial charge on any atom is -0.473 e. The van der Waals surface area contributed by atoms with E-state index in [9.17, 15) is 0 Å². The first kappa shape index (κ1) is 14.9. The van der Waals surface area contributed by atoms with Crippen LogP contribution in [-0.4, -0.2) is 47.3 Å². The summed E-state index contributed by atoms with van der Waals surface area (Å²) in [6.45, 7) is 6.87. The standard InChI is InChI=1S/2C4H9N.C2H2O4/c2*1-4-2-3-5-4;3-1(4)2(5)6/h2*4-5H,2-3H2,1H3;(H,3,4)(H,5,6)/t2*4-;/m00./s1. The maximum atomic E-state index is 9.10. The van der Waals surface area contributed by atoms with Crippen LogP contribution in [0.1, 0.15) is 26.7 Å². The van der Waals surface area contributed by atoms with Gasteiger partial charge in [0.05, 0.1) is 0 Å². The average Bonchev–Trinajstić information content (AvgIpc) is 2.13. The summed E-state index contributed by atoms with van der Waals surface area (Å²) in [4.78, 5) is 18.2. The number of rotatable bonds is 0. The molecule has 6 heteroatoms. The zero-order valence-corrected chi connectivity index (χ0v) is 9.69. The number of hydrogen-bond acceptors (Lipinski definition) is 4. The molecule has 0 aromatic rings. The fourth-order valence-corrected chi connectivity index (χ4v) is 0.866. The second-order valence-corrected chi connectivity index (χ2v) is 3.90. The molecule has 94 valence electrons. The number of aliphatic carboxylic acids is 2. The third kappa shape index (κ3) is 8.19. The Kier molecular flexibility index (Phi) is 7.49. The lowest BCUT2D eigenvalue weighted by atomic mass is 10.1. The predicted molar refractivity (Wildman–Crippen MR) is 59.4 cm³/mol. The third-order valence-corrected chi connectivity index (χ3v) is 2.32. The molecule has 2 atom stereocenters. The quantitative estimate of drug-likeness (QED) is 0.435. The van der Waals surface area contributed by atoms with Crippen molar-refractivity contribution in [3.63, 3.8) is 0 Å². The zero-order valence-electron chi connectivity index (χ0n) is 9.69. The highest BCUT2D eigenvalue weighted by Gasteiger charge is 2.07. The minimum atomic E-state index is -1.82. The summed E-state index contributed by atoms with van der Waals surface area (Å²) < 4.78 is 0. The smallest absolute Gasteiger partial charge is 0.414 e. The summed E-state index contributed by atoms with van der Waals surface area (Å²) in [5.41, 5.74) is 0. The first-order chi connectivity index (χ1) is 7.43. The van der Waals surface area contributed by atoms with Gasteiger partial charge in [0.1, 0.15) is 0 Å². The van der Waals surface area contributed by atoms with Crippen molar-refractivity contribution in [3.05, 3.63) is 0 Å². The molecular formula is C10H20N2O4. The molecule has 16 heavy (non-hydrogen) atoms. The van der Waals surface area contributed by atoms with Gasteiger partial charge >= 0.3 is 11.9 Å². The van der Waals surface area contributed by atoms with Crippen molar-refractivity contribution < 1.29 is 19.8 Å². The molecule has 0 unspecified atom stereocenters. The van der Waals surface area contributed by atoms with Crippen molar-refractivity contribution in [2.24, 2.45) is 0 Å². The van der Waals surface area contributed by atoms with Gasteiger partial charge in [0.25, 0.3) is 0 Å². The van der Waals surface area contributed by atoms with Crippen LogP contribution < -0.4 is 10.6 Å². The van der Waals surface area contributed by atoms with E-state index in [1.807, 2.05) is 0 Å². The Labute approximate surface area is 95.0 Å². The van der Waals surface area contributed by atoms with E-state index in [0.717, 1.165) is 12.1 Å². The van der Waals surface area contributed by atoms with Gasteiger partial charge in [-0.2, -0.15) is 0 Å². The van der Waals surface area contributed by atoms with E-state index >= 15 is 0 Å². The van der Waals surface area contributed by atoms with E-state index in [2.05, 4.69) is 24.5 Å². The van der Waals surface area contributed by atoms with Gasteiger partial charge in [0.15, 0.2) is 0 Å². The molecule has 2 fully saturated rings. The molecule has 0 aromatic heterocycles. The van der Waals surface area contributed by atoms with E-state index in [1.165, 1.54) is 25.9 Å². The van der Waals surface area contributed by atoms with Crippen molar-refractivity contribution in [1.29, 1.82) is 0 Å². The number of carboxylic acid groups (broad SMARTS) is 2. The van der Waals surface area contributed by atoms with Gasteiger partial charge in [0, 0.05) is 12.1 Å². The Morgan fingerprint density at radius 1 is 0.938 bits per heavy atom. The number of carboxylic acids is 2. The Bertz CT molecular complexity index is 201. The molecule has 0 aromatic carbocycles. The SMILES string of the molecule is C[C@H]1CCN1.C[C@H]1CCN1.O=C(O)C(=O)O. The van der Waals surface area contributed by atoms with Gasteiger partial charge in [0.2, 0.25) is 0 Å². The van der Waals surface area contributed by atoms with Crippen LogP contribution in [0.3, 0.4) is 0 Å². The van der Waals surface area contributed by atoms with Crippen molar-refractivity contribution in [2.45, 2.75) is 38.8 Å². The Morgan fingerprint density at radius 3 is 1.12 bits per heavy atom. The monoisotopic (exact) mass is 232 g/mol. The highest BCUT2D eigenvalue weighted by Crippen LogP contribution is 1.97. The number of carbonyl (C=O) groups is 2. The summed E-state index contributed by atoms with van der Waals surface area (Å²) >= 11 is 0. The molecule has 2 heterocycles. The summed E-state index contributed by atoms with van der Waals surface area (Å²) in [6.07, 6.45) is 2.75. The normalized spacial score (nSPS) is 25.6. The summed E-state index contributed by atoms with van der Waals surface area (Å²) in [6, 6.07) is 1.63. The topological polar surface area (TPSA) is 98.7 Å². The van der Waals surface area contributed by atoms with E-state index in [4.69, 9.17) is 19.8 Å². The first-order valence-corrected chi connectivity index (χ1v) is 5.36. The molecule has 2 aliphatic heterocycles. The lowest BCUT2D eigenvalue weighted by Crippen LogP contribution is -2.39. The maximum Gasteiger partial charge on any atom is 0.414 e. The predicted octanol–water partition coefficient (Wildman–Crippen LogP) is -0.108. The van der Waals surface area contributed by atoms with Crippen LogP contribution in [0, 0.1) is 0 Å². The van der Waals surface area contributed by atoms with Crippen molar-refractivity contribution in [2.75, 3.05) is 13.1 Å². The summed E-state index contributed by atoms with van der Waals surface area (Å²) in [5.74, 6) is -3.65. The van der Waals surface area contributed by atoms with Crippen LogP contribution in [0.5, 0.6) is 0 Å². The molecule has 0 radical (unpaired) electrons. The first-order valence-electron chi connectivity index (χ1n) is 5.36. The largest absolute Gasteiger partial charge is 0.473 e. The molecule has 0 spiro atoms. The summed E-state index contributed by atoms with van der Waals surface area (Å²) in [5, 5.41) is 21.2. The van der Waals surface area contributed by atoms with Gasteiger partial charge in [-0.25, -0.2) is 9.59 Å². The molecule has 0 amide bonds. The molecule has 0 saturated carbocycles. The van der Waals surface area contributed by atoms with Gasteiger partial charge in [-0.1, -0.05) is 0 Å². The van der Waals surface area contributed by atoms with Gasteiger partial charge in [-0.15, -0.1) is 0 Å². The highest BCUT2D eigenvalue weighted by molar-refractivity contribution is 6.27. The van der Waals surface area contributed by atoms with Crippen LogP contribution in [0.15, 0.2) is 0 Å². The zero-order chi connectivity index (χ0) is 12.6. The lowest BCUT2D eigenvalue weighted by molar-refractivity contribution is -0.159. The number of hydrogen-bond donors (Lipinski definition) is 4. The van der Waals surface area contributed by atoms with Crippen LogP contribution in [0.4, 0.5) is 0 Å². The Balaban J connectivity index is 0.000000211. The van der Waals surface area contributed by atoms with E-state index in [1.54, 1.807) is 0 Å². The van der Waals surface area contributed by atoms with E-state index in [-0.39, 0.29) is 0 Å². The van der Waals surface area contributed by atoms with Crippen molar-refractivity contribution in [1.82, 2.24) is 10.6 Å². The average molecular weight is 232 g/mol. The molecular weight excluding hydrogens is 212 g/mol. The van der Waals surface area contributed by atoms with Crippen LogP contribution >= 0.6 is 0 Å². The maximum absolute atomic E-state index is 9.10. The van der Waals surface area contributed by atoms with E-state index < -0.39 is 11.9 Å². The fraction of sp³-hybridized carbons (Fsp3) is 0.800. The van der Waals surface area contributed by atoms with Gasteiger partial charge in [-0.05, 0) is 39.8 Å². The second kappa shape index (κ2) is 8.06. The Morgan fingerprint density at radius 2 is 1.12 bits per heavy atom. The third-order valence-electron chi connectivity index (χ3n) is 2.32. The molecule has 4 N–H and O–H groups in total. The molecule has 2 aliphatic rings. The molecule has 0 bridgehead atoms. The van der Waals surface area contributed by atoms with Crippen molar-refractivity contribution >= 4 is 11.9 Å². The van der Waals surface area contributed by atoms with Crippen LogP contribution in [-0.2, 0) is 9.59 Å². The van der Waals surface area contributed by atoms with E-state index in [0.29, 0.717) is 0 Å². The molecule has 0 aliphatic carbocycles. The molecule has 2 saturated heterocycles. The fourth-order valence-electron chi connectivity index (χ4n) is 0.866. The van der Waals surface area contributed by atoms with Crippen LogP contribution in [0.2, 0.25) is 0 Å². The number of nitrogens with one attached hydrogen (secondary N) is 2. The Hall–Kier alpha value is -1.14. The second-order valence-electron chi connectivity index (χ2n) is 3.90. The van der Waals surface area contributed by atoms with Gasteiger partial charge < -0.3 is 20.8 Å². The summed E-state index contributed by atoms with van der Waals surface area (Å²) in [7, 11) is 0. The van der Waals surface area contributed by atoms with Gasteiger partial charge in [-0.3, -0.25) is 0 Å². The van der Waals surface area contributed by atoms with Crippen molar-refractivity contribution in [3.8, 4) is 0 Å². The van der Waals surface area contributed by atoms with Crippen LogP contribution in [0.25, 0.3) is 0 Å². The lowest BCUT2D eigenvalue weighted by Gasteiger charge is -2.22. The highest BCUT2D eigenvalue weighted by atomic mass is 16.4. The molecule has 6 nitrogen and oxygen atoms in total. The minimum absolute atomic E-state index is 0.815. The molecule has 2 rings (SSSR count).